The largest absolute Gasteiger partial charge is 0.872 e. The van der Waals surface area contributed by atoms with E-state index in [2.05, 4.69) is 0 Å². The zero-order chi connectivity index (χ0) is 20.2. The SMILES string of the molecule is O=C(O)/C=C/c1ccc(O)c(-c2ccc([O-])c(C34CC5CC(CC(C5)C3)C4)c2)c1. The van der Waals surface area contributed by atoms with Crippen molar-refractivity contribution in [1.82, 2.24) is 0 Å². The molecule has 4 aliphatic rings. The van der Waals surface area contributed by atoms with Gasteiger partial charge in [-0.1, -0.05) is 24.3 Å². The van der Waals surface area contributed by atoms with Crippen LogP contribution in [0.4, 0.5) is 0 Å². The molecule has 0 heterocycles. The van der Waals surface area contributed by atoms with Crippen molar-refractivity contribution in [1.29, 1.82) is 0 Å². The van der Waals surface area contributed by atoms with E-state index >= 15 is 0 Å². The normalized spacial score (nSPS) is 30.1. The van der Waals surface area contributed by atoms with Gasteiger partial charge in [0.15, 0.2) is 0 Å². The van der Waals surface area contributed by atoms with E-state index in [-0.39, 0.29) is 16.9 Å². The van der Waals surface area contributed by atoms with Gasteiger partial charge in [-0.05, 0) is 96.6 Å². The molecule has 2 aromatic carbocycles. The Kier molecular flexibility index (Phi) is 4.19. The molecule has 6 rings (SSSR count). The van der Waals surface area contributed by atoms with Crippen LogP contribution >= 0.6 is 0 Å². The van der Waals surface area contributed by atoms with E-state index < -0.39 is 5.97 Å². The first kappa shape index (κ1) is 18.3. The third-order valence-corrected chi connectivity index (χ3v) is 7.34. The molecule has 0 aliphatic heterocycles. The number of aliphatic carboxylic acids is 1. The van der Waals surface area contributed by atoms with Crippen LogP contribution in [-0.4, -0.2) is 16.2 Å². The molecule has 2 N–H and O–H groups in total. The molecular weight excluding hydrogens is 364 g/mol. The summed E-state index contributed by atoms with van der Waals surface area (Å²) in [4.78, 5) is 10.8. The van der Waals surface area contributed by atoms with Gasteiger partial charge in [-0.3, -0.25) is 0 Å². The lowest BCUT2D eigenvalue weighted by molar-refractivity contribution is -0.271. The van der Waals surface area contributed by atoms with Crippen LogP contribution in [0.3, 0.4) is 0 Å². The maximum atomic E-state index is 12.9. The van der Waals surface area contributed by atoms with E-state index in [9.17, 15) is 15.0 Å². The number of benzene rings is 2. The summed E-state index contributed by atoms with van der Waals surface area (Å²) in [5.41, 5.74) is 3.06. The lowest BCUT2D eigenvalue weighted by Gasteiger charge is -2.58. The maximum Gasteiger partial charge on any atom is 0.328 e. The molecule has 0 unspecified atom stereocenters. The molecule has 0 saturated heterocycles. The van der Waals surface area contributed by atoms with Crippen molar-refractivity contribution >= 4 is 12.0 Å². The summed E-state index contributed by atoms with van der Waals surface area (Å²) in [6, 6.07) is 10.4. The number of phenolic OH excluding ortho intramolecular Hbond substituents is 1. The summed E-state index contributed by atoms with van der Waals surface area (Å²) in [6.07, 6.45) is 9.91. The van der Waals surface area contributed by atoms with Gasteiger partial charge < -0.3 is 15.3 Å². The highest BCUT2D eigenvalue weighted by molar-refractivity contribution is 5.86. The minimum Gasteiger partial charge on any atom is -0.872 e. The summed E-state index contributed by atoms with van der Waals surface area (Å²) in [5, 5.41) is 32.2. The number of hydrogen-bond acceptors (Lipinski definition) is 3. The molecule has 0 atom stereocenters. The van der Waals surface area contributed by atoms with Crippen molar-refractivity contribution in [2.75, 3.05) is 0 Å². The summed E-state index contributed by atoms with van der Waals surface area (Å²) < 4.78 is 0. The Bertz CT molecular complexity index is 969. The van der Waals surface area contributed by atoms with Gasteiger partial charge in [0.05, 0.1) is 0 Å². The number of hydrogen-bond donors (Lipinski definition) is 2. The zero-order valence-corrected chi connectivity index (χ0v) is 16.3. The Morgan fingerprint density at radius 2 is 1.66 bits per heavy atom. The molecule has 4 nitrogen and oxygen atoms in total. The van der Waals surface area contributed by atoms with Crippen LogP contribution in [0, 0.1) is 17.8 Å². The Morgan fingerprint density at radius 3 is 2.28 bits per heavy atom. The van der Waals surface area contributed by atoms with Crippen molar-refractivity contribution in [3.05, 3.63) is 53.6 Å². The van der Waals surface area contributed by atoms with Crippen LogP contribution in [0.5, 0.6) is 11.5 Å². The molecule has 4 fully saturated rings. The topological polar surface area (TPSA) is 80.6 Å². The van der Waals surface area contributed by atoms with E-state index in [4.69, 9.17) is 5.11 Å². The summed E-state index contributed by atoms with van der Waals surface area (Å²) in [7, 11) is 0. The van der Waals surface area contributed by atoms with E-state index in [1.54, 1.807) is 30.3 Å². The van der Waals surface area contributed by atoms with Gasteiger partial charge in [0.1, 0.15) is 5.75 Å². The first-order valence-electron chi connectivity index (χ1n) is 10.5. The van der Waals surface area contributed by atoms with Crippen LogP contribution < -0.4 is 5.11 Å². The molecule has 150 valence electrons. The Hall–Kier alpha value is -2.75. The molecule has 0 amide bonds. The lowest BCUT2D eigenvalue weighted by atomic mass is 9.48. The first-order chi connectivity index (χ1) is 13.9. The fourth-order valence-corrected chi connectivity index (χ4v) is 6.61. The second kappa shape index (κ2) is 6.65. The smallest absolute Gasteiger partial charge is 0.328 e. The predicted octanol–water partition coefficient (Wildman–Crippen LogP) is 4.70. The summed E-state index contributed by atoms with van der Waals surface area (Å²) in [6.45, 7) is 0. The zero-order valence-electron chi connectivity index (χ0n) is 16.3. The predicted molar refractivity (Wildman–Crippen MR) is 110 cm³/mol. The van der Waals surface area contributed by atoms with Crippen molar-refractivity contribution in [2.45, 2.75) is 43.9 Å². The molecule has 2 aromatic rings. The van der Waals surface area contributed by atoms with Gasteiger partial charge >= 0.3 is 5.97 Å². The molecule has 4 aliphatic carbocycles. The van der Waals surface area contributed by atoms with E-state index in [0.717, 1.165) is 54.2 Å². The van der Waals surface area contributed by atoms with Gasteiger partial charge in [-0.2, -0.15) is 0 Å². The van der Waals surface area contributed by atoms with Crippen molar-refractivity contribution in [2.24, 2.45) is 17.8 Å². The minimum atomic E-state index is -1.01. The third-order valence-electron chi connectivity index (χ3n) is 7.34. The van der Waals surface area contributed by atoms with E-state index in [1.165, 1.54) is 25.3 Å². The van der Waals surface area contributed by atoms with Gasteiger partial charge in [0.2, 0.25) is 0 Å². The molecule has 4 saturated carbocycles. The molecule has 4 heteroatoms. The van der Waals surface area contributed by atoms with Crippen molar-refractivity contribution < 1.29 is 20.1 Å². The molecular formula is C25H25O4-. The quantitative estimate of drug-likeness (QED) is 0.743. The van der Waals surface area contributed by atoms with Crippen LogP contribution in [0.15, 0.2) is 42.5 Å². The molecule has 29 heavy (non-hydrogen) atoms. The van der Waals surface area contributed by atoms with Crippen molar-refractivity contribution in [3.63, 3.8) is 0 Å². The fraction of sp³-hybridized carbons (Fsp3) is 0.400. The van der Waals surface area contributed by atoms with Gasteiger partial charge in [-0.25, -0.2) is 4.79 Å². The minimum absolute atomic E-state index is 0.00170. The average molecular weight is 389 g/mol. The average Bonchev–Trinajstić information content (AvgIpc) is 2.66. The number of aromatic hydroxyl groups is 1. The summed E-state index contributed by atoms with van der Waals surface area (Å²) >= 11 is 0. The van der Waals surface area contributed by atoms with E-state index in [0.29, 0.717) is 11.1 Å². The molecule has 4 bridgehead atoms. The number of carboxylic acid groups (broad SMARTS) is 1. The third kappa shape index (κ3) is 3.21. The van der Waals surface area contributed by atoms with Crippen LogP contribution in [0.2, 0.25) is 0 Å². The molecule has 0 aromatic heterocycles. The highest BCUT2D eigenvalue weighted by atomic mass is 16.4. The number of phenols is 1. The summed E-state index contributed by atoms with van der Waals surface area (Å²) in [5.74, 6) is 1.48. The second-order valence-corrected chi connectivity index (χ2v) is 9.36. The monoisotopic (exact) mass is 389 g/mol. The molecule has 0 spiro atoms. The van der Waals surface area contributed by atoms with E-state index in [1.807, 2.05) is 6.07 Å². The van der Waals surface area contributed by atoms with Crippen molar-refractivity contribution in [3.8, 4) is 22.6 Å². The van der Waals surface area contributed by atoms with Crippen LogP contribution in [0.1, 0.15) is 49.7 Å². The Labute approximate surface area is 170 Å². The Morgan fingerprint density at radius 1 is 1.00 bits per heavy atom. The fourth-order valence-electron chi connectivity index (χ4n) is 6.61. The first-order valence-corrected chi connectivity index (χ1v) is 10.5. The van der Waals surface area contributed by atoms with Gasteiger partial charge in [-0.15, -0.1) is 5.75 Å². The van der Waals surface area contributed by atoms with Gasteiger partial charge in [0.25, 0.3) is 0 Å². The standard InChI is InChI=1S/C25H26O4/c26-22-4-1-15(2-6-24(28)29)10-20(22)19-3-5-23(27)21(11-19)25-12-16-7-17(13-25)9-18(8-16)14-25/h1-6,10-11,16-18,26-27H,7-9,12-14H2,(H,28,29)/p-1/b6-2+. The van der Waals surface area contributed by atoms with Crippen LogP contribution in [0.25, 0.3) is 17.2 Å². The number of carboxylic acids is 1. The Balaban J connectivity index is 1.56. The highest BCUT2D eigenvalue weighted by Crippen LogP contribution is 2.61. The number of carbonyl (C=O) groups is 1. The molecule has 0 radical (unpaired) electrons. The number of rotatable bonds is 4. The maximum absolute atomic E-state index is 12.9. The van der Waals surface area contributed by atoms with Gasteiger partial charge in [0, 0.05) is 11.6 Å². The highest BCUT2D eigenvalue weighted by Gasteiger charge is 2.51. The van der Waals surface area contributed by atoms with Crippen LogP contribution in [-0.2, 0) is 10.2 Å². The second-order valence-electron chi connectivity index (χ2n) is 9.36. The lowest BCUT2D eigenvalue weighted by Crippen LogP contribution is -2.48.